The van der Waals surface area contributed by atoms with Crippen LogP contribution in [-0.4, -0.2) is 17.7 Å². The molecule has 1 aromatic carbocycles. The van der Waals surface area contributed by atoms with E-state index in [1.807, 2.05) is 0 Å². The lowest BCUT2D eigenvalue weighted by molar-refractivity contribution is 0.532. The first-order chi connectivity index (χ1) is 6.40. The number of hydrogen-bond donors (Lipinski definition) is 0. The Hall–Kier alpha value is -0.500. The summed E-state index contributed by atoms with van der Waals surface area (Å²) in [6, 6.07) is 8.54. The molecule has 2 heteroatoms. The molecule has 1 aliphatic carbocycles. The average molecular weight is 196 g/mol. The van der Waals surface area contributed by atoms with Gasteiger partial charge in [-0.3, -0.25) is 4.39 Å². The van der Waals surface area contributed by atoms with E-state index in [0.717, 1.165) is 12.8 Å². The Labute approximate surface area is 82.5 Å². The second kappa shape index (κ2) is 4.14. The zero-order chi connectivity index (χ0) is 9.10. The fourth-order valence-corrected chi connectivity index (χ4v) is 2.86. The van der Waals surface area contributed by atoms with Crippen molar-refractivity contribution in [1.82, 2.24) is 0 Å². The number of halogens is 1. The summed E-state index contributed by atoms with van der Waals surface area (Å²) >= 11 is 1.77. The average Bonchev–Trinajstić information content (AvgIpc) is 2.57. The maximum Gasteiger partial charge on any atom is 0.0984 e. The van der Waals surface area contributed by atoms with Crippen LogP contribution in [0.2, 0.25) is 0 Å². The monoisotopic (exact) mass is 196 g/mol. The molecule has 0 saturated heterocycles. The first-order valence-corrected chi connectivity index (χ1v) is 5.69. The van der Waals surface area contributed by atoms with Gasteiger partial charge in [0.1, 0.15) is 0 Å². The molecule has 13 heavy (non-hydrogen) atoms. The normalized spacial score (nSPS) is 16.1. The van der Waals surface area contributed by atoms with Gasteiger partial charge in [-0.25, -0.2) is 0 Å². The topological polar surface area (TPSA) is 0 Å². The van der Waals surface area contributed by atoms with Crippen molar-refractivity contribution < 1.29 is 4.39 Å². The lowest BCUT2D eigenvalue weighted by Gasteiger charge is -2.05. The van der Waals surface area contributed by atoms with E-state index in [1.54, 1.807) is 11.8 Å². The molecule has 0 N–H and O–H groups in total. The minimum Gasteiger partial charge on any atom is -0.250 e. The number of hydrogen-bond acceptors (Lipinski definition) is 1. The van der Waals surface area contributed by atoms with E-state index in [4.69, 9.17) is 0 Å². The zero-order valence-corrected chi connectivity index (χ0v) is 8.32. The van der Waals surface area contributed by atoms with E-state index in [2.05, 4.69) is 24.3 Å². The van der Waals surface area contributed by atoms with Crippen LogP contribution in [0.3, 0.4) is 0 Å². The predicted octanol–water partition coefficient (Wildman–Crippen LogP) is 2.86. The maximum atomic E-state index is 12.0. The van der Waals surface area contributed by atoms with E-state index < -0.39 is 0 Å². The summed E-state index contributed by atoms with van der Waals surface area (Å²) in [6.07, 6.45) is 2.25. The summed E-state index contributed by atoms with van der Waals surface area (Å²) in [5, 5.41) is 0.619. The number of rotatable bonds is 3. The summed E-state index contributed by atoms with van der Waals surface area (Å²) in [5.41, 5.74) is 2.91. The van der Waals surface area contributed by atoms with Crippen LogP contribution in [0.5, 0.6) is 0 Å². The fourth-order valence-electron chi connectivity index (χ4n) is 1.85. The Balaban J connectivity index is 1.97. The molecule has 0 heterocycles. The Morgan fingerprint density at radius 2 is 1.85 bits per heavy atom. The highest BCUT2D eigenvalue weighted by Gasteiger charge is 2.20. The van der Waals surface area contributed by atoms with Crippen molar-refractivity contribution in [3.05, 3.63) is 35.4 Å². The Morgan fingerprint density at radius 3 is 2.38 bits per heavy atom. The van der Waals surface area contributed by atoms with Crippen LogP contribution in [0.1, 0.15) is 11.1 Å². The summed E-state index contributed by atoms with van der Waals surface area (Å²) < 4.78 is 12.0. The predicted molar refractivity (Wildman–Crippen MR) is 56.1 cm³/mol. The molecule has 0 unspecified atom stereocenters. The third-order valence-electron chi connectivity index (χ3n) is 2.44. The van der Waals surface area contributed by atoms with Crippen molar-refractivity contribution in [2.45, 2.75) is 18.1 Å². The van der Waals surface area contributed by atoms with Crippen LogP contribution in [-0.2, 0) is 12.8 Å². The fraction of sp³-hybridized carbons (Fsp3) is 0.455. The minimum atomic E-state index is -0.197. The van der Waals surface area contributed by atoms with Gasteiger partial charge in [-0.2, -0.15) is 11.8 Å². The number of benzene rings is 1. The molecule has 0 spiro atoms. The van der Waals surface area contributed by atoms with Gasteiger partial charge < -0.3 is 0 Å². The van der Waals surface area contributed by atoms with Crippen molar-refractivity contribution in [2.24, 2.45) is 0 Å². The second-order valence-electron chi connectivity index (χ2n) is 3.36. The van der Waals surface area contributed by atoms with Gasteiger partial charge in [0.2, 0.25) is 0 Å². The van der Waals surface area contributed by atoms with E-state index in [0.29, 0.717) is 11.0 Å². The largest absolute Gasteiger partial charge is 0.250 e. The van der Waals surface area contributed by atoms with E-state index in [-0.39, 0.29) is 6.67 Å². The van der Waals surface area contributed by atoms with Gasteiger partial charge in [0.05, 0.1) is 6.67 Å². The van der Waals surface area contributed by atoms with Crippen LogP contribution in [0.25, 0.3) is 0 Å². The molecule has 0 aliphatic heterocycles. The quantitative estimate of drug-likeness (QED) is 0.716. The smallest absolute Gasteiger partial charge is 0.0984 e. The molecule has 1 aromatic rings. The number of alkyl halides is 1. The molecule has 0 aromatic heterocycles. The van der Waals surface area contributed by atoms with Crippen LogP contribution in [0, 0.1) is 0 Å². The van der Waals surface area contributed by atoms with Crippen LogP contribution < -0.4 is 0 Å². The summed E-state index contributed by atoms with van der Waals surface area (Å²) in [6.45, 7) is -0.197. The SMILES string of the molecule is FCCSC1Cc2ccccc2C1. The van der Waals surface area contributed by atoms with Crippen molar-refractivity contribution >= 4 is 11.8 Å². The van der Waals surface area contributed by atoms with Gasteiger partial charge >= 0.3 is 0 Å². The molecule has 70 valence electrons. The van der Waals surface area contributed by atoms with Crippen molar-refractivity contribution in [3.8, 4) is 0 Å². The molecular weight excluding hydrogens is 183 g/mol. The van der Waals surface area contributed by atoms with Gasteiger partial charge in [-0.05, 0) is 24.0 Å². The molecule has 2 rings (SSSR count). The van der Waals surface area contributed by atoms with Crippen LogP contribution >= 0.6 is 11.8 Å². The third-order valence-corrected chi connectivity index (χ3v) is 3.64. The van der Waals surface area contributed by atoms with Gasteiger partial charge in [0.25, 0.3) is 0 Å². The summed E-state index contributed by atoms with van der Waals surface area (Å²) in [7, 11) is 0. The van der Waals surface area contributed by atoms with Crippen molar-refractivity contribution in [2.75, 3.05) is 12.4 Å². The van der Waals surface area contributed by atoms with Crippen molar-refractivity contribution in [3.63, 3.8) is 0 Å². The number of thioether (sulfide) groups is 1. The first-order valence-electron chi connectivity index (χ1n) is 4.64. The lowest BCUT2D eigenvalue weighted by atomic mass is 10.1. The highest BCUT2D eigenvalue weighted by molar-refractivity contribution is 7.99. The minimum absolute atomic E-state index is 0.197. The molecule has 1 aliphatic rings. The van der Waals surface area contributed by atoms with Gasteiger partial charge in [0.15, 0.2) is 0 Å². The summed E-state index contributed by atoms with van der Waals surface area (Å²) in [5.74, 6) is 0.651. The van der Waals surface area contributed by atoms with Crippen LogP contribution in [0.15, 0.2) is 24.3 Å². The summed E-state index contributed by atoms with van der Waals surface area (Å²) in [4.78, 5) is 0. The molecule has 0 atom stereocenters. The van der Waals surface area contributed by atoms with Crippen molar-refractivity contribution in [1.29, 1.82) is 0 Å². The number of fused-ring (bicyclic) bond motifs is 1. The Kier molecular flexibility index (Phi) is 2.89. The molecule has 0 saturated carbocycles. The highest BCUT2D eigenvalue weighted by atomic mass is 32.2. The molecule has 0 radical (unpaired) electrons. The van der Waals surface area contributed by atoms with Crippen LogP contribution in [0.4, 0.5) is 4.39 Å². The standard InChI is InChI=1S/C11H13FS/c12-5-6-13-11-7-9-3-1-2-4-10(9)8-11/h1-4,11H,5-8H2. The van der Waals surface area contributed by atoms with Gasteiger partial charge in [-0.1, -0.05) is 24.3 Å². The molecule has 0 bridgehead atoms. The van der Waals surface area contributed by atoms with E-state index in [1.165, 1.54) is 11.1 Å². The lowest BCUT2D eigenvalue weighted by Crippen LogP contribution is -2.02. The Bertz CT molecular complexity index is 260. The highest BCUT2D eigenvalue weighted by Crippen LogP contribution is 2.29. The molecular formula is C11H13FS. The maximum absolute atomic E-state index is 12.0. The third kappa shape index (κ3) is 2.05. The molecule has 0 amide bonds. The zero-order valence-electron chi connectivity index (χ0n) is 7.50. The first kappa shape index (κ1) is 9.07. The molecule has 0 fully saturated rings. The van der Waals surface area contributed by atoms with E-state index >= 15 is 0 Å². The van der Waals surface area contributed by atoms with Gasteiger partial charge in [-0.15, -0.1) is 0 Å². The second-order valence-corrected chi connectivity index (χ2v) is 4.77. The Morgan fingerprint density at radius 1 is 1.23 bits per heavy atom. The molecule has 0 nitrogen and oxygen atoms in total. The van der Waals surface area contributed by atoms with Gasteiger partial charge in [0, 0.05) is 11.0 Å². The van der Waals surface area contributed by atoms with E-state index in [9.17, 15) is 4.39 Å².